The van der Waals surface area contributed by atoms with E-state index in [0.717, 1.165) is 24.0 Å². The molecule has 2 aromatic carbocycles. The Morgan fingerprint density at radius 2 is 1.85 bits per heavy atom. The maximum atomic E-state index is 12.9. The first-order chi connectivity index (χ1) is 12.4. The Bertz CT molecular complexity index is 892. The van der Waals surface area contributed by atoms with Gasteiger partial charge in [0.05, 0.1) is 4.90 Å². The maximum absolute atomic E-state index is 12.9. The van der Waals surface area contributed by atoms with Crippen molar-refractivity contribution in [2.24, 2.45) is 0 Å². The number of rotatable bonds is 5. The van der Waals surface area contributed by atoms with Crippen molar-refractivity contribution in [2.45, 2.75) is 37.6 Å². The van der Waals surface area contributed by atoms with E-state index in [1.165, 1.54) is 4.31 Å². The highest BCUT2D eigenvalue weighted by Crippen LogP contribution is 2.26. The summed E-state index contributed by atoms with van der Waals surface area (Å²) in [5.74, 6) is -0.173. The third-order valence-electron chi connectivity index (χ3n) is 4.73. The first-order valence-electron chi connectivity index (χ1n) is 8.81. The van der Waals surface area contributed by atoms with Gasteiger partial charge < -0.3 is 5.32 Å². The van der Waals surface area contributed by atoms with Crippen molar-refractivity contribution in [1.29, 1.82) is 0 Å². The molecule has 0 saturated carbocycles. The SMILES string of the molecule is Cc1ccc(S(=O)(=O)N2CCC[C@@H]2CNC(=O)c2cccc(C)c2)cc1. The van der Waals surface area contributed by atoms with Crippen molar-refractivity contribution in [3.63, 3.8) is 0 Å². The lowest BCUT2D eigenvalue weighted by molar-refractivity contribution is 0.0946. The summed E-state index contributed by atoms with van der Waals surface area (Å²) in [5.41, 5.74) is 2.63. The molecule has 3 rings (SSSR count). The molecule has 1 heterocycles. The molecule has 0 bridgehead atoms. The van der Waals surface area contributed by atoms with E-state index in [1.54, 1.807) is 30.3 Å². The average Bonchev–Trinajstić information content (AvgIpc) is 3.09. The molecule has 138 valence electrons. The molecule has 1 aliphatic rings. The van der Waals surface area contributed by atoms with E-state index >= 15 is 0 Å². The van der Waals surface area contributed by atoms with Crippen LogP contribution in [-0.2, 0) is 10.0 Å². The number of benzene rings is 2. The van der Waals surface area contributed by atoms with Crippen molar-refractivity contribution in [3.05, 3.63) is 65.2 Å². The molecular formula is C20H24N2O3S. The number of sulfonamides is 1. The number of nitrogens with one attached hydrogen (secondary N) is 1. The van der Waals surface area contributed by atoms with Gasteiger partial charge in [-0.3, -0.25) is 4.79 Å². The third kappa shape index (κ3) is 3.97. The Hall–Kier alpha value is -2.18. The Morgan fingerprint density at radius 3 is 2.54 bits per heavy atom. The number of amides is 1. The summed E-state index contributed by atoms with van der Waals surface area (Å²) in [7, 11) is -3.54. The number of carbonyl (C=O) groups is 1. The predicted octanol–water partition coefficient (Wildman–Crippen LogP) is 2.89. The van der Waals surface area contributed by atoms with Gasteiger partial charge in [-0.05, 0) is 51.0 Å². The number of hydrogen-bond donors (Lipinski definition) is 1. The van der Waals surface area contributed by atoms with Crippen LogP contribution in [0.4, 0.5) is 0 Å². The van der Waals surface area contributed by atoms with Gasteiger partial charge in [0, 0.05) is 24.7 Å². The van der Waals surface area contributed by atoms with Gasteiger partial charge >= 0.3 is 0 Å². The van der Waals surface area contributed by atoms with Crippen LogP contribution in [0, 0.1) is 13.8 Å². The lowest BCUT2D eigenvalue weighted by Crippen LogP contribution is -2.43. The molecule has 6 heteroatoms. The van der Waals surface area contributed by atoms with Crippen LogP contribution in [0.25, 0.3) is 0 Å². The third-order valence-corrected chi connectivity index (χ3v) is 6.70. The minimum absolute atomic E-state index is 0.173. The van der Waals surface area contributed by atoms with E-state index in [2.05, 4.69) is 5.32 Å². The zero-order valence-electron chi connectivity index (χ0n) is 15.1. The fraction of sp³-hybridized carbons (Fsp3) is 0.350. The molecule has 1 N–H and O–H groups in total. The molecule has 1 saturated heterocycles. The molecule has 1 amide bonds. The average molecular weight is 372 g/mol. The van der Waals surface area contributed by atoms with E-state index in [4.69, 9.17) is 0 Å². The number of aryl methyl sites for hydroxylation is 2. The molecule has 5 nitrogen and oxygen atoms in total. The molecule has 26 heavy (non-hydrogen) atoms. The van der Waals surface area contributed by atoms with E-state index in [0.29, 0.717) is 23.5 Å². The first-order valence-corrected chi connectivity index (χ1v) is 10.3. The minimum atomic E-state index is -3.54. The smallest absolute Gasteiger partial charge is 0.251 e. The molecule has 0 aliphatic carbocycles. The molecule has 0 spiro atoms. The molecule has 0 aromatic heterocycles. The molecule has 2 aromatic rings. The predicted molar refractivity (Wildman–Crippen MR) is 102 cm³/mol. The summed E-state index contributed by atoms with van der Waals surface area (Å²) in [6.07, 6.45) is 1.55. The summed E-state index contributed by atoms with van der Waals surface area (Å²) in [6, 6.07) is 14.0. The van der Waals surface area contributed by atoms with Crippen molar-refractivity contribution < 1.29 is 13.2 Å². The van der Waals surface area contributed by atoms with Gasteiger partial charge in [-0.15, -0.1) is 0 Å². The second kappa shape index (κ2) is 7.60. The molecule has 0 unspecified atom stereocenters. The van der Waals surface area contributed by atoms with Gasteiger partial charge in [-0.25, -0.2) is 8.42 Å². The quantitative estimate of drug-likeness (QED) is 0.878. The summed E-state index contributed by atoms with van der Waals surface area (Å²) < 4.78 is 27.4. The second-order valence-corrected chi connectivity index (χ2v) is 8.69. The van der Waals surface area contributed by atoms with Crippen molar-refractivity contribution in [2.75, 3.05) is 13.1 Å². The van der Waals surface area contributed by atoms with Crippen LogP contribution in [0.2, 0.25) is 0 Å². The van der Waals surface area contributed by atoms with E-state index in [9.17, 15) is 13.2 Å². The van der Waals surface area contributed by atoms with Crippen LogP contribution in [-0.4, -0.2) is 37.8 Å². The van der Waals surface area contributed by atoms with Crippen LogP contribution < -0.4 is 5.32 Å². The highest BCUT2D eigenvalue weighted by atomic mass is 32.2. The van der Waals surface area contributed by atoms with Gasteiger partial charge in [0.1, 0.15) is 0 Å². The van der Waals surface area contributed by atoms with Gasteiger partial charge in [0.25, 0.3) is 5.91 Å². The van der Waals surface area contributed by atoms with E-state index in [1.807, 2.05) is 32.0 Å². The van der Waals surface area contributed by atoms with Crippen LogP contribution in [0.15, 0.2) is 53.4 Å². The largest absolute Gasteiger partial charge is 0.350 e. The number of nitrogens with zero attached hydrogens (tertiary/aromatic N) is 1. The fourth-order valence-electron chi connectivity index (χ4n) is 3.27. The summed E-state index contributed by atoms with van der Waals surface area (Å²) >= 11 is 0. The van der Waals surface area contributed by atoms with Gasteiger partial charge in [-0.2, -0.15) is 4.31 Å². The molecule has 1 fully saturated rings. The monoisotopic (exact) mass is 372 g/mol. The van der Waals surface area contributed by atoms with Crippen molar-refractivity contribution in [3.8, 4) is 0 Å². The normalized spacial score (nSPS) is 18.0. The fourth-order valence-corrected chi connectivity index (χ4v) is 4.97. The second-order valence-electron chi connectivity index (χ2n) is 6.80. The summed E-state index contributed by atoms with van der Waals surface area (Å²) in [4.78, 5) is 12.6. The van der Waals surface area contributed by atoms with E-state index < -0.39 is 10.0 Å². The highest BCUT2D eigenvalue weighted by Gasteiger charge is 2.35. The zero-order chi connectivity index (χ0) is 18.7. The van der Waals surface area contributed by atoms with Gasteiger partial charge in [-0.1, -0.05) is 35.4 Å². The topological polar surface area (TPSA) is 66.5 Å². The Kier molecular flexibility index (Phi) is 5.44. The first kappa shape index (κ1) is 18.6. The molecular weight excluding hydrogens is 348 g/mol. The molecule has 1 atom stereocenters. The standard InChI is InChI=1S/C20H24N2O3S/c1-15-8-10-19(11-9-15)26(24,25)22-12-4-7-18(22)14-21-20(23)17-6-3-5-16(2)13-17/h3,5-6,8-11,13,18H,4,7,12,14H2,1-2H3,(H,21,23)/t18-/m1/s1. The lowest BCUT2D eigenvalue weighted by atomic mass is 10.1. The molecule has 0 radical (unpaired) electrons. The zero-order valence-corrected chi connectivity index (χ0v) is 15.9. The Balaban J connectivity index is 1.70. The lowest BCUT2D eigenvalue weighted by Gasteiger charge is -2.24. The maximum Gasteiger partial charge on any atom is 0.251 e. The van der Waals surface area contributed by atoms with Crippen LogP contribution >= 0.6 is 0 Å². The van der Waals surface area contributed by atoms with Crippen molar-refractivity contribution >= 4 is 15.9 Å². The Labute approximate surface area is 155 Å². The number of carbonyl (C=O) groups excluding carboxylic acids is 1. The molecule has 1 aliphatic heterocycles. The Morgan fingerprint density at radius 1 is 1.12 bits per heavy atom. The number of hydrogen-bond acceptors (Lipinski definition) is 3. The van der Waals surface area contributed by atoms with Crippen LogP contribution in [0.3, 0.4) is 0 Å². The highest BCUT2D eigenvalue weighted by molar-refractivity contribution is 7.89. The van der Waals surface area contributed by atoms with Gasteiger partial charge in [0.2, 0.25) is 10.0 Å². The summed E-state index contributed by atoms with van der Waals surface area (Å²) in [6.45, 7) is 4.67. The van der Waals surface area contributed by atoms with Gasteiger partial charge in [0.15, 0.2) is 0 Å². The van der Waals surface area contributed by atoms with E-state index in [-0.39, 0.29) is 11.9 Å². The summed E-state index contributed by atoms with van der Waals surface area (Å²) in [5, 5.41) is 2.89. The van der Waals surface area contributed by atoms with Crippen LogP contribution in [0.1, 0.15) is 34.3 Å². The van der Waals surface area contributed by atoms with Crippen LogP contribution in [0.5, 0.6) is 0 Å². The van der Waals surface area contributed by atoms with Crippen molar-refractivity contribution in [1.82, 2.24) is 9.62 Å². The minimum Gasteiger partial charge on any atom is -0.350 e.